The van der Waals surface area contributed by atoms with Crippen LogP contribution in [-0.4, -0.2) is 32.3 Å². The number of carbonyl (C=O) groups is 1. The van der Waals surface area contributed by atoms with Crippen LogP contribution in [-0.2, 0) is 14.8 Å². The number of rotatable bonds is 5. The molecule has 2 aromatic carbocycles. The Labute approximate surface area is 158 Å². The number of hydrogen-bond acceptors (Lipinski definition) is 6. The van der Waals surface area contributed by atoms with Crippen molar-refractivity contribution in [2.45, 2.75) is 31.3 Å². The molecule has 2 rings (SSSR count). The number of phenols is 1. The zero-order chi connectivity index (χ0) is 20.2. The van der Waals surface area contributed by atoms with Crippen LogP contribution >= 0.6 is 0 Å². The van der Waals surface area contributed by atoms with E-state index in [-0.39, 0.29) is 16.3 Å². The standard InChI is InChI=1S/C18H22N2O6S/c1-18(2,3)26-17(22)19-15-11-14(9-10-16(15)21)27(23,24)20-12-5-7-13(25-4)8-6-12/h5-11,20-21H,1-4H3,(H,19,22). The molecular weight excluding hydrogens is 372 g/mol. The first kappa shape index (κ1) is 20.4. The van der Waals surface area contributed by atoms with Crippen LogP contribution in [0.15, 0.2) is 47.4 Å². The van der Waals surface area contributed by atoms with Gasteiger partial charge in [0.15, 0.2) is 0 Å². The van der Waals surface area contributed by atoms with E-state index in [9.17, 15) is 18.3 Å². The first-order chi connectivity index (χ1) is 12.5. The molecule has 0 aliphatic heterocycles. The number of amides is 1. The maximum absolute atomic E-state index is 12.6. The van der Waals surface area contributed by atoms with Gasteiger partial charge in [-0.25, -0.2) is 13.2 Å². The van der Waals surface area contributed by atoms with Crippen LogP contribution in [0, 0.1) is 0 Å². The van der Waals surface area contributed by atoms with E-state index in [0.717, 1.165) is 6.07 Å². The van der Waals surface area contributed by atoms with Crippen molar-refractivity contribution in [3.05, 3.63) is 42.5 Å². The zero-order valence-corrected chi connectivity index (χ0v) is 16.3. The summed E-state index contributed by atoms with van der Waals surface area (Å²) in [4.78, 5) is 11.7. The van der Waals surface area contributed by atoms with Crippen molar-refractivity contribution >= 4 is 27.5 Å². The number of aromatic hydroxyl groups is 1. The van der Waals surface area contributed by atoms with E-state index in [2.05, 4.69) is 10.0 Å². The highest BCUT2D eigenvalue weighted by molar-refractivity contribution is 7.92. The highest BCUT2D eigenvalue weighted by Crippen LogP contribution is 2.28. The number of hydrogen-bond donors (Lipinski definition) is 3. The van der Waals surface area contributed by atoms with Crippen LogP contribution < -0.4 is 14.8 Å². The van der Waals surface area contributed by atoms with Crippen LogP contribution in [0.3, 0.4) is 0 Å². The molecule has 3 N–H and O–H groups in total. The van der Waals surface area contributed by atoms with Gasteiger partial charge in [0.25, 0.3) is 10.0 Å². The third-order valence-corrected chi connectivity index (χ3v) is 4.64. The molecule has 0 aliphatic rings. The summed E-state index contributed by atoms with van der Waals surface area (Å²) in [7, 11) is -2.43. The predicted octanol–water partition coefficient (Wildman–Crippen LogP) is 3.55. The minimum absolute atomic E-state index is 0.0816. The van der Waals surface area contributed by atoms with Gasteiger partial charge in [-0.05, 0) is 63.2 Å². The van der Waals surface area contributed by atoms with Crippen LogP contribution in [0.2, 0.25) is 0 Å². The molecular formula is C18H22N2O6S. The molecule has 27 heavy (non-hydrogen) atoms. The molecule has 1 amide bonds. The number of anilines is 2. The summed E-state index contributed by atoms with van der Waals surface area (Å²) < 4.78 is 37.7. The minimum atomic E-state index is -3.94. The Morgan fingerprint density at radius 3 is 2.26 bits per heavy atom. The Bertz CT molecular complexity index is 918. The molecule has 0 atom stereocenters. The third-order valence-electron chi connectivity index (χ3n) is 3.26. The van der Waals surface area contributed by atoms with Gasteiger partial charge in [-0.15, -0.1) is 0 Å². The summed E-state index contributed by atoms with van der Waals surface area (Å²) in [6, 6.07) is 9.88. The number of carbonyl (C=O) groups excluding carboxylic acids is 1. The Kier molecular flexibility index (Phi) is 5.85. The Hall–Kier alpha value is -2.94. The summed E-state index contributed by atoms with van der Waals surface area (Å²) in [5, 5.41) is 12.2. The van der Waals surface area contributed by atoms with Gasteiger partial charge in [0.05, 0.1) is 17.7 Å². The van der Waals surface area contributed by atoms with Gasteiger partial charge in [0.2, 0.25) is 0 Å². The lowest BCUT2D eigenvalue weighted by Crippen LogP contribution is -2.27. The second-order valence-electron chi connectivity index (χ2n) is 6.64. The summed E-state index contributed by atoms with van der Waals surface area (Å²) in [5.41, 5.74) is -0.480. The lowest BCUT2D eigenvalue weighted by Gasteiger charge is -2.20. The van der Waals surface area contributed by atoms with E-state index < -0.39 is 21.7 Å². The minimum Gasteiger partial charge on any atom is -0.506 e. The van der Waals surface area contributed by atoms with Gasteiger partial charge in [0, 0.05) is 5.69 Å². The highest BCUT2D eigenvalue weighted by Gasteiger charge is 2.20. The number of ether oxygens (including phenoxy) is 2. The monoisotopic (exact) mass is 394 g/mol. The number of sulfonamides is 1. The molecule has 0 saturated carbocycles. The van der Waals surface area contributed by atoms with E-state index in [1.807, 2.05) is 0 Å². The molecule has 0 heterocycles. The van der Waals surface area contributed by atoms with E-state index in [4.69, 9.17) is 9.47 Å². The molecule has 9 heteroatoms. The number of nitrogens with one attached hydrogen (secondary N) is 2. The highest BCUT2D eigenvalue weighted by atomic mass is 32.2. The van der Waals surface area contributed by atoms with Crippen LogP contribution in [0.4, 0.5) is 16.2 Å². The van der Waals surface area contributed by atoms with Crippen LogP contribution in [0.25, 0.3) is 0 Å². The summed E-state index contributed by atoms with van der Waals surface area (Å²) in [6.07, 6.45) is -0.810. The second-order valence-corrected chi connectivity index (χ2v) is 8.32. The molecule has 0 bridgehead atoms. The van der Waals surface area contributed by atoms with Crippen molar-refractivity contribution in [1.29, 1.82) is 0 Å². The number of benzene rings is 2. The van der Waals surface area contributed by atoms with Crippen molar-refractivity contribution < 1.29 is 27.8 Å². The molecule has 0 radical (unpaired) electrons. The second kappa shape index (κ2) is 7.75. The smallest absolute Gasteiger partial charge is 0.412 e. The maximum atomic E-state index is 12.6. The molecule has 0 fully saturated rings. The van der Waals surface area contributed by atoms with Gasteiger partial charge in [-0.3, -0.25) is 10.0 Å². The molecule has 0 saturated heterocycles. The SMILES string of the molecule is COc1ccc(NS(=O)(=O)c2ccc(O)c(NC(=O)OC(C)(C)C)c2)cc1. The zero-order valence-electron chi connectivity index (χ0n) is 15.4. The summed E-state index contributed by atoms with van der Waals surface area (Å²) in [5.74, 6) is 0.302. The quantitative estimate of drug-likeness (QED) is 0.668. The lowest BCUT2D eigenvalue weighted by atomic mass is 10.2. The van der Waals surface area contributed by atoms with Crippen LogP contribution in [0.1, 0.15) is 20.8 Å². The Balaban J connectivity index is 2.22. The van der Waals surface area contributed by atoms with E-state index in [1.165, 1.54) is 19.2 Å². The first-order valence-electron chi connectivity index (χ1n) is 8.00. The number of methoxy groups -OCH3 is 1. The van der Waals surface area contributed by atoms with E-state index >= 15 is 0 Å². The van der Waals surface area contributed by atoms with Crippen molar-refractivity contribution in [3.8, 4) is 11.5 Å². The van der Waals surface area contributed by atoms with Gasteiger partial charge in [-0.1, -0.05) is 0 Å². The normalized spacial score (nSPS) is 11.6. The average Bonchev–Trinajstić information content (AvgIpc) is 2.55. The lowest BCUT2D eigenvalue weighted by molar-refractivity contribution is 0.0635. The fourth-order valence-electron chi connectivity index (χ4n) is 2.07. The van der Waals surface area contributed by atoms with E-state index in [1.54, 1.807) is 45.0 Å². The summed E-state index contributed by atoms with van der Waals surface area (Å²) in [6.45, 7) is 5.06. The molecule has 0 unspecified atom stereocenters. The van der Waals surface area contributed by atoms with E-state index in [0.29, 0.717) is 11.4 Å². The first-order valence-corrected chi connectivity index (χ1v) is 9.48. The largest absolute Gasteiger partial charge is 0.506 e. The van der Waals surface area contributed by atoms with Gasteiger partial charge >= 0.3 is 6.09 Å². The van der Waals surface area contributed by atoms with Crippen molar-refractivity contribution in [2.24, 2.45) is 0 Å². The summed E-state index contributed by atoms with van der Waals surface area (Å²) >= 11 is 0. The fourth-order valence-corrected chi connectivity index (χ4v) is 3.15. The van der Waals surface area contributed by atoms with Crippen molar-refractivity contribution in [3.63, 3.8) is 0 Å². The molecule has 2 aromatic rings. The fraction of sp³-hybridized carbons (Fsp3) is 0.278. The molecule has 8 nitrogen and oxygen atoms in total. The topological polar surface area (TPSA) is 114 Å². The molecule has 0 aliphatic carbocycles. The van der Waals surface area contributed by atoms with Gasteiger partial charge < -0.3 is 14.6 Å². The number of phenolic OH excluding ortho intramolecular Hbond substituents is 1. The Morgan fingerprint density at radius 1 is 1.07 bits per heavy atom. The van der Waals surface area contributed by atoms with Gasteiger partial charge in [0.1, 0.15) is 17.1 Å². The molecule has 0 spiro atoms. The molecule has 0 aromatic heterocycles. The Morgan fingerprint density at radius 2 is 1.70 bits per heavy atom. The van der Waals surface area contributed by atoms with Gasteiger partial charge in [-0.2, -0.15) is 0 Å². The van der Waals surface area contributed by atoms with Crippen LogP contribution in [0.5, 0.6) is 11.5 Å². The predicted molar refractivity (Wildman–Crippen MR) is 102 cm³/mol. The maximum Gasteiger partial charge on any atom is 0.412 e. The van der Waals surface area contributed by atoms with Crippen molar-refractivity contribution in [1.82, 2.24) is 0 Å². The average molecular weight is 394 g/mol. The van der Waals surface area contributed by atoms with Crippen molar-refractivity contribution in [2.75, 3.05) is 17.1 Å². The third kappa shape index (κ3) is 5.78. The molecule has 146 valence electrons.